The third-order valence-electron chi connectivity index (χ3n) is 4.50. The van der Waals surface area contributed by atoms with Crippen molar-refractivity contribution < 1.29 is 14.5 Å². The molecule has 6 nitrogen and oxygen atoms in total. The summed E-state index contributed by atoms with van der Waals surface area (Å²) >= 11 is 5.88. The number of quaternary nitrogens is 1. The fourth-order valence-electron chi connectivity index (χ4n) is 3.03. The maximum atomic E-state index is 12.3. The highest BCUT2D eigenvalue weighted by molar-refractivity contribution is 6.30. The Balaban J connectivity index is 1.57. The van der Waals surface area contributed by atoms with E-state index >= 15 is 0 Å². The van der Waals surface area contributed by atoms with Crippen molar-refractivity contribution in [2.45, 2.75) is 12.5 Å². The topological polar surface area (TPSA) is 57.1 Å². The summed E-state index contributed by atoms with van der Waals surface area (Å²) in [5, 5.41) is 3.64. The van der Waals surface area contributed by atoms with Crippen molar-refractivity contribution in [3.8, 4) is 0 Å². The van der Waals surface area contributed by atoms with Crippen molar-refractivity contribution in [1.29, 1.82) is 0 Å². The molecule has 23 heavy (non-hydrogen) atoms. The standard InChI is InChI=1S/C16H21ClN4O2/c1-19-6-8-20(9-7-19)16(23)18-13-10-15(22)21(11-13)14-4-2-12(17)3-5-14/h2-5,13H,6-11H2,1H3,(H,18,23)/p+1/t13-/m0/s1. The van der Waals surface area contributed by atoms with Crippen molar-refractivity contribution in [2.24, 2.45) is 0 Å². The summed E-state index contributed by atoms with van der Waals surface area (Å²) < 4.78 is 0. The number of piperazine rings is 1. The third-order valence-corrected chi connectivity index (χ3v) is 4.75. The van der Waals surface area contributed by atoms with Crippen LogP contribution < -0.4 is 15.1 Å². The number of carbonyl (C=O) groups is 2. The molecule has 3 rings (SSSR count). The molecule has 0 aliphatic carbocycles. The first kappa shape index (κ1) is 16.1. The van der Waals surface area contributed by atoms with Gasteiger partial charge in [0.2, 0.25) is 5.91 Å². The molecule has 0 saturated carbocycles. The van der Waals surface area contributed by atoms with Crippen LogP contribution in [0.4, 0.5) is 10.5 Å². The Bertz CT molecular complexity index is 584. The lowest BCUT2D eigenvalue weighted by atomic mass is 10.2. The molecule has 2 fully saturated rings. The normalized spacial score (nSPS) is 22.5. The minimum absolute atomic E-state index is 0.0282. The van der Waals surface area contributed by atoms with E-state index in [9.17, 15) is 9.59 Å². The molecule has 124 valence electrons. The monoisotopic (exact) mass is 337 g/mol. The Labute approximate surface area is 141 Å². The Kier molecular flexibility index (Phi) is 4.73. The predicted molar refractivity (Wildman–Crippen MR) is 88.9 cm³/mol. The van der Waals surface area contributed by atoms with Crippen LogP contribution in [0.2, 0.25) is 5.02 Å². The van der Waals surface area contributed by atoms with Gasteiger partial charge in [0.25, 0.3) is 0 Å². The first-order chi connectivity index (χ1) is 11.0. The molecule has 1 atom stereocenters. The number of urea groups is 1. The fourth-order valence-corrected chi connectivity index (χ4v) is 3.16. The van der Waals surface area contributed by atoms with E-state index in [0.29, 0.717) is 18.0 Å². The van der Waals surface area contributed by atoms with Gasteiger partial charge in [0.15, 0.2) is 0 Å². The fraction of sp³-hybridized carbons (Fsp3) is 0.500. The number of rotatable bonds is 2. The van der Waals surface area contributed by atoms with Gasteiger partial charge in [0, 0.05) is 23.7 Å². The van der Waals surface area contributed by atoms with Crippen LogP contribution in [0.1, 0.15) is 6.42 Å². The van der Waals surface area contributed by atoms with Crippen LogP contribution in [0, 0.1) is 0 Å². The van der Waals surface area contributed by atoms with Crippen LogP contribution in [0.15, 0.2) is 24.3 Å². The molecule has 0 aromatic heterocycles. The number of halogens is 1. The Morgan fingerprint density at radius 3 is 2.57 bits per heavy atom. The van der Waals surface area contributed by atoms with Gasteiger partial charge in [-0.05, 0) is 24.3 Å². The van der Waals surface area contributed by atoms with Crippen LogP contribution in [0.3, 0.4) is 0 Å². The molecule has 2 saturated heterocycles. The lowest BCUT2D eigenvalue weighted by molar-refractivity contribution is -0.883. The first-order valence-electron chi connectivity index (χ1n) is 7.95. The van der Waals surface area contributed by atoms with Gasteiger partial charge in [-0.3, -0.25) is 4.79 Å². The Morgan fingerprint density at radius 2 is 1.91 bits per heavy atom. The number of amides is 3. The van der Waals surface area contributed by atoms with Crippen molar-refractivity contribution >= 4 is 29.2 Å². The van der Waals surface area contributed by atoms with Gasteiger partial charge in [0.05, 0.1) is 39.3 Å². The molecule has 0 unspecified atom stereocenters. The summed E-state index contributed by atoms with van der Waals surface area (Å²) in [6.07, 6.45) is 0.341. The van der Waals surface area contributed by atoms with Crippen molar-refractivity contribution in [3.05, 3.63) is 29.3 Å². The summed E-state index contributed by atoms with van der Waals surface area (Å²) in [4.78, 5) is 29.5. The molecular weight excluding hydrogens is 316 g/mol. The number of anilines is 1. The minimum Gasteiger partial charge on any atom is -0.334 e. The largest absolute Gasteiger partial charge is 0.334 e. The van der Waals surface area contributed by atoms with E-state index in [-0.39, 0.29) is 18.0 Å². The number of carbonyl (C=O) groups excluding carboxylic acids is 2. The van der Waals surface area contributed by atoms with Gasteiger partial charge in [-0.1, -0.05) is 11.6 Å². The number of nitrogens with zero attached hydrogens (tertiary/aromatic N) is 2. The van der Waals surface area contributed by atoms with Crippen molar-refractivity contribution in [2.75, 3.05) is 44.7 Å². The smallest absolute Gasteiger partial charge is 0.318 e. The second-order valence-corrected chi connectivity index (χ2v) is 6.71. The van der Waals surface area contributed by atoms with E-state index < -0.39 is 0 Å². The van der Waals surface area contributed by atoms with Crippen LogP contribution in [0.5, 0.6) is 0 Å². The SMILES string of the molecule is C[NH+]1CCN(C(=O)N[C@H]2CC(=O)N(c3ccc(Cl)cc3)C2)CC1. The molecule has 2 N–H and O–H groups in total. The second-order valence-electron chi connectivity index (χ2n) is 6.28. The molecule has 1 aromatic carbocycles. The summed E-state index contributed by atoms with van der Waals surface area (Å²) in [5.74, 6) is 0.0282. The summed E-state index contributed by atoms with van der Waals surface area (Å²) in [7, 11) is 2.13. The lowest BCUT2D eigenvalue weighted by Crippen LogP contribution is -3.12. The highest BCUT2D eigenvalue weighted by Crippen LogP contribution is 2.23. The molecule has 2 aliphatic rings. The third kappa shape index (κ3) is 3.76. The second kappa shape index (κ2) is 6.76. The van der Waals surface area contributed by atoms with Gasteiger partial charge in [0.1, 0.15) is 0 Å². The van der Waals surface area contributed by atoms with E-state index in [0.717, 1.165) is 31.9 Å². The number of benzene rings is 1. The van der Waals surface area contributed by atoms with Crippen LogP contribution >= 0.6 is 11.6 Å². The highest BCUT2D eigenvalue weighted by Gasteiger charge is 2.33. The number of likely N-dealkylation sites (N-methyl/N-ethyl adjacent to an activating group) is 1. The number of hydrogen-bond acceptors (Lipinski definition) is 2. The quantitative estimate of drug-likeness (QED) is 0.797. The van der Waals surface area contributed by atoms with E-state index in [2.05, 4.69) is 12.4 Å². The zero-order chi connectivity index (χ0) is 16.4. The van der Waals surface area contributed by atoms with Gasteiger partial charge in [-0.15, -0.1) is 0 Å². The molecule has 7 heteroatoms. The number of hydrogen-bond donors (Lipinski definition) is 2. The van der Waals surface area contributed by atoms with Crippen LogP contribution in [0.25, 0.3) is 0 Å². The average molecular weight is 338 g/mol. The van der Waals surface area contributed by atoms with E-state index in [1.54, 1.807) is 17.0 Å². The Morgan fingerprint density at radius 1 is 1.26 bits per heavy atom. The zero-order valence-corrected chi connectivity index (χ0v) is 14.0. The van der Waals surface area contributed by atoms with Crippen LogP contribution in [-0.4, -0.2) is 62.7 Å². The summed E-state index contributed by atoms with van der Waals surface area (Å²) in [6.45, 7) is 3.96. The predicted octanol–water partition coefficient (Wildman–Crippen LogP) is -0.0148. The van der Waals surface area contributed by atoms with Gasteiger partial charge >= 0.3 is 6.03 Å². The molecule has 2 aliphatic heterocycles. The number of nitrogens with one attached hydrogen (secondary N) is 2. The van der Waals surface area contributed by atoms with Crippen LogP contribution in [-0.2, 0) is 4.79 Å². The van der Waals surface area contributed by atoms with Crippen molar-refractivity contribution in [1.82, 2.24) is 10.2 Å². The summed E-state index contributed by atoms with van der Waals surface area (Å²) in [6, 6.07) is 6.98. The Hall–Kier alpha value is -1.79. The van der Waals surface area contributed by atoms with Crippen molar-refractivity contribution in [3.63, 3.8) is 0 Å². The van der Waals surface area contributed by atoms with E-state index in [4.69, 9.17) is 11.6 Å². The maximum absolute atomic E-state index is 12.3. The van der Waals surface area contributed by atoms with E-state index in [1.165, 1.54) is 4.90 Å². The molecule has 3 amide bonds. The first-order valence-corrected chi connectivity index (χ1v) is 8.33. The zero-order valence-electron chi connectivity index (χ0n) is 13.2. The summed E-state index contributed by atoms with van der Waals surface area (Å²) in [5.41, 5.74) is 0.819. The molecule has 2 heterocycles. The average Bonchev–Trinajstić information content (AvgIpc) is 2.89. The van der Waals surface area contributed by atoms with Gasteiger partial charge in [-0.2, -0.15) is 0 Å². The molecule has 0 spiro atoms. The molecule has 1 aromatic rings. The molecule has 0 bridgehead atoms. The minimum atomic E-state index is -0.141. The lowest BCUT2D eigenvalue weighted by Gasteiger charge is -2.31. The van der Waals surface area contributed by atoms with Gasteiger partial charge < -0.3 is 20.0 Å². The maximum Gasteiger partial charge on any atom is 0.318 e. The highest BCUT2D eigenvalue weighted by atomic mass is 35.5. The van der Waals surface area contributed by atoms with E-state index in [1.807, 2.05) is 17.0 Å². The van der Waals surface area contributed by atoms with Gasteiger partial charge in [-0.25, -0.2) is 4.79 Å². The molecular formula is C16H22ClN4O2+. The molecule has 0 radical (unpaired) electrons.